The first-order valence-corrected chi connectivity index (χ1v) is 13.0. The smallest absolute Gasteiger partial charge is 0.260 e. The minimum absolute atomic E-state index is 0.0453. The molecule has 0 unspecified atom stereocenters. The first-order chi connectivity index (χ1) is 18.7. The van der Waals surface area contributed by atoms with E-state index in [0.29, 0.717) is 60.0 Å². The van der Waals surface area contributed by atoms with Gasteiger partial charge in [-0.15, -0.1) is 0 Å². The zero-order valence-electron chi connectivity index (χ0n) is 22.0. The van der Waals surface area contributed by atoms with Crippen LogP contribution in [0.25, 0.3) is 11.6 Å². The number of piperidine rings is 1. The van der Waals surface area contributed by atoms with Crippen LogP contribution in [0, 0.1) is 13.8 Å². The van der Waals surface area contributed by atoms with Crippen molar-refractivity contribution in [3.63, 3.8) is 0 Å². The molecular weight excluding hydrogens is 522 g/mol. The van der Waals surface area contributed by atoms with Gasteiger partial charge >= 0.3 is 0 Å². The van der Waals surface area contributed by atoms with E-state index in [1.165, 1.54) is 4.90 Å². The molecule has 5 rings (SSSR count). The largest absolute Gasteiger partial charge is 0.496 e. The maximum atomic E-state index is 13.7. The van der Waals surface area contributed by atoms with Crippen molar-refractivity contribution in [3.8, 4) is 5.75 Å². The number of ketones is 1. The molecule has 4 N–H and O–H groups in total. The quantitative estimate of drug-likeness (QED) is 0.229. The first kappa shape index (κ1) is 26.8. The molecule has 0 atom stereocenters. The van der Waals surface area contributed by atoms with Crippen LogP contribution in [0.4, 0.5) is 11.8 Å². The molecule has 2 aliphatic rings. The maximum Gasteiger partial charge on any atom is 0.260 e. The molecule has 0 spiro atoms. The van der Waals surface area contributed by atoms with Crippen molar-refractivity contribution in [2.45, 2.75) is 39.3 Å². The van der Waals surface area contributed by atoms with Crippen LogP contribution in [0.2, 0.25) is 5.15 Å². The number of carbonyl (C=O) groups excluding carboxylic acids is 2. The van der Waals surface area contributed by atoms with Gasteiger partial charge < -0.3 is 20.6 Å². The fourth-order valence-corrected chi connectivity index (χ4v) is 5.33. The highest BCUT2D eigenvalue weighted by atomic mass is 35.5. The fourth-order valence-electron chi connectivity index (χ4n) is 5.06. The molecule has 39 heavy (non-hydrogen) atoms. The van der Waals surface area contributed by atoms with Gasteiger partial charge in [-0.05, 0) is 38.8 Å². The van der Waals surface area contributed by atoms with Crippen LogP contribution in [0.3, 0.4) is 0 Å². The number of aromatic nitrogens is 4. The molecule has 11 nitrogen and oxygen atoms in total. The topological polar surface area (TPSA) is 151 Å². The van der Waals surface area contributed by atoms with Crippen LogP contribution in [-0.4, -0.2) is 74.5 Å². The number of H-pyrrole nitrogens is 1. The first-order valence-electron chi connectivity index (χ1n) is 12.6. The summed E-state index contributed by atoms with van der Waals surface area (Å²) in [5.74, 6) is 0.548. The number of hydrogen-bond donors (Lipinski definition) is 3. The Morgan fingerprint density at radius 3 is 2.77 bits per heavy atom. The number of halogens is 1. The Balaban J connectivity index is 1.44. The van der Waals surface area contributed by atoms with Crippen LogP contribution in [0.1, 0.15) is 51.3 Å². The number of methoxy groups -OCH3 is 1. The predicted octanol–water partition coefficient (Wildman–Crippen LogP) is 2.79. The molecule has 2 aliphatic heterocycles. The van der Waals surface area contributed by atoms with Gasteiger partial charge in [0, 0.05) is 47.9 Å². The van der Waals surface area contributed by atoms with Gasteiger partial charge in [-0.25, -0.2) is 4.98 Å². The highest BCUT2D eigenvalue weighted by molar-refractivity contribution is 6.41. The van der Waals surface area contributed by atoms with Crippen molar-refractivity contribution in [1.29, 1.82) is 0 Å². The summed E-state index contributed by atoms with van der Waals surface area (Å²) >= 11 is 6.47. The number of aliphatic hydroxyl groups is 1. The highest BCUT2D eigenvalue weighted by Gasteiger charge is 2.37. The number of fused-ring (bicyclic) bond motifs is 1. The number of hydrogen-bond acceptors (Lipinski definition) is 9. The third-order valence-electron chi connectivity index (χ3n) is 7.17. The van der Waals surface area contributed by atoms with E-state index in [4.69, 9.17) is 22.1 Å². The molecule has 3 aromatic rings. The average Bonchev–Trinajstić information content (AvgIpc) is 3.46. The summed E-state index contributed by atoms with van der Waals surface area (Å²) in [7, 11) is 1.59. The summed E-state index contributed by atoms with van der Waals surface area (Å²) < 4.78 is 5.52. The average molecular weight is 552 g/mol. The molecule has 0 aromatic carbocycles. The van der Waals surface area contributed by atoms with Crippen molar-refractivity contribution < 1.29 is 19.4 Å². The van der Waals surface area contributed by atoms with Crippen LogP contribution < -0.4 is 15.4 Å². The third-order valence-corrected chi connectivity index (χ3v) is 7.45. The standard InChI is InChI=1S/C27H30ClN7O4/c1-14-10-31-20(15(2)23(14)39-3)12-35-25-22(24(28)32-27(29)33-25)19(26(35)38)9-17-8-16(11-30-17)21(37)13-34-6-4-18(36)5-7-34/h8-11,18,30,36H,4-7,12-13H2,1-3H3,(H2,29,32,33). The van der Waals surface area contributed by atoms with E-state index < -0.39 is 0 Å². The van der Waals surface area contributed by atoms with Gasteiger partial charge in [-0.1, -0.05) is 11.6 Å². The number of anilines is 2. The Labute approximate surface area is 230 Å². The molecule has 5 heterocycles. The van der Waals surface area contributed by atoms with Crippen molar-refractivity contribution >= 4 is 46.7 Å². The zero-order valence-corrected chi connectivity index (χ0v) is 22.7. The number of pyridine rings is 1. The molecule has 0 bridgehead atoms. The molecular formula is C27H30ClN7O4. The van der Waals surface area contributed by atoms with Gasteiger partial charge in [0.25, 0.3) is 5.91 Å². The number of aromatic amines is 1. The molecule has 1 fully saturated rings. The lowest BCUT2D eigenvalue weighted by Crippen LogP contribution is -2.38. The molecule has 1 amide bonds. The number of rotatable bonds is 7. The number of likely N-dealkylation sites (tertiary alicyclic amines) is 1. The van der Waals surface area contributed by atoms with Crippen LogP contribution in [0.15, 0.2) is 18.5 Å². The van der Waals surface area contributed by atoms with Crippen LogP contribution in [0.5, 0.6) is 5.75 Å². The fraction of sp³-hybridized carbons (Fsp3) is 0.370. The monoisotopic (exact) mass is 551 g/mol. The number of ether oxygens (including phenoxy) is 1. The molecule has 12 heteroatoms. The molecule has 1 saturated heterocycles. The number of aliphatic hydroxyl groups excluding tert-OH is 1. The van der Waals surface area contributed by atoms with E-state index in [0.717, 1.165) is 11.1 Å². The van der Waals surface area contributed by atoms with Gasteiger partial charge in [-0.3, -0.25) is 24.4 Å². The molecule has 0 aliphatic carbocycles. The van der Waals surface area contributed by atoms with Crippen molar-refractivity contribution in [3.05, 3.63) is 57.3 Å². The SMILES string of the molecule is COc1c(C)cnc(CN2C(=O)C(=Cc3cc(C(=O)CN4CCC(O)CC4)c[nH]3)c3c(Cl)nc(N)nc32)c1C. The minimum atomic E-state index is -0.345. The number of amides is 1. The van der Waals surface area contributed by atoms with E-state index in [2.05, 4.69) is 19.9 Å². The second-order valence-corrected chi connectivity index (χ2v) is 10.2. The number of nitrogens with two attached hydrogens (primary N) is 1. The number of nitrogen functional groups attached to an aromatic ring is 1. The van der Waals surface area contributed by atoms with E-state index in [1.54, 1.807) is 31.6 Å². The van der Waals surface area contributed by atoms with Gasteiger partial charge in [0.1, 0.15) is 10.9 Å². The summed E-state index contributed by atoms with van der Waals surface area (Å²) in [5.41, 5.74) is 9.93. The third kappa shape index (κ3) is 5.25. The highest BCUT2D eigenvalue weighted by Crippen LogP contribution is 2.41. The molecule has 0 saturated carbocycles. The Morgan fingerprint density at radius 2 is 2.05 bits per heavy atom. The van der Waals surface area contributed by atoms with Gasteiger partial charge in [0.05, 0.1) is 43.1 Å². The zero-order chi connectivity index (χ0) is 27.8. The predicted molar refractivity (Wildman–Crippen MR) is 148 cm³/mol. The molecule has 204 valence electrons. The Morgan fingerprint density at radius 1 is 1.31 bits per heavy atom. The minimum Gasteiger partial charge on any atom is -0.496 e. The Bertz CT molecular complexity index is 1480. The van der Waals surface area contributed by atoms with Crippen molar-refractivity contribution in [2.24, 2.45) is 0 Å². The second kappa shape index (κ2) is 10.8. The maximum absolute atomic E-state index is 13.7. The summed E-state index contributed by atoms with van der Waals surface area (Å²) in [4.78, 5) is 46.1. The molecule has 0 radical (unpaired) electrons. The van der Waals surface area contributed by atoms with E-state index in [9.17, 15) is 14.7 Å². The summed E-state index contributed by atoms with van der Waals surface area (Å²) in [6.07, 6.45) is 5.98. The summed E-state index contributed by atoms with van der Waals surface area (Å²) in [5, 5.41) is 9.76. The van der Waals surface area contributed by atoms with Crippen LogP contribution >= 0.6 is 11.6 Å². The van der Waals surface area contributed by atoms with Gasteiger partial charge in [-0.2, -0.15) is 4.98 Å². The second-order valence-electron chi connectivity index (χ2n) is 9.84. The van der Waals surface area contributed by atoms with E-state index in [-0.39, 0.29) is 47.6 Å². The summed E-state index contributed by atoms with van der Waals surface area (Å²) in [6, 6.07) is 1.70. The number of carbonyl (C=O) groups is 2. The Hall–Kier alpha value is -3.80. The number of Topliss-reactive ketones (excluding diaryl/α,β-unsaturated/α-hetero) is 1. The van der Waals surface area contributed by atoms with Crippen LogP contribution in [-0.2, 0) is 11.3 Å². The number of aryl methyl sites for hydroxylation is 1. The lowest BCUT2D eigenvalue weighted by atomic mass is 10.1. The van der Waals surface area contributed by atoms with E-state index >= 15 is 0 Å². The lowest BCUT2D eigenvalue weighted by molar-refractivity contribution is -0.113. The van der Waals surface area contributed by atoms with Gasteiger partial charge in [0.2, 0.25) is 5.95 Å². The van der Waals surface area contributed by atoms with Crippen molar-refractivity contribution in [1.82, 2.24) is 24.8 Å². The Kier molecular flexibility index (Phi) is 7.39. The number of nitrogens with one attached hydrogen (secondary N) is 1. The normalized spacial score (nSPS) is 17.2. The van der Waals surface area contributed by atoms with Gasteiger partial charge in [0.15, 0.2) is 11.6 Å². The summed E-state index contributed by atoms with van der Waals surface area (Å²) in [6.45, 7) is 5.53. The number of nitrogens with zero attached hydrogens (tertiary/aromatic N) is 5. The molecule has 3 aromatic heterocycles. The van der Waals surface area contributed by atoms with Crippen molar-refractivity contribution in [2.75, 3.05) is 37.4 Å². The lowest BCUT2D eigenvalue weighted by Gasteiger charge is -2.28. The van der Waals surface area contributed by atoms with E-state index in [1.807, 2.05) is 18.7 Å².